The van der Waals surface area contributed by atoms with E-state index in [4.69, 9.17) is 14.1 Å². The minimum absolute atomic E-state index is 0. The van der Waals surface area contributed by atoms with Crippen molar-refractivity contribution in [3.05, 3.63) is 158 Å². The van der Waals surface area contributed by atoms with Crippen molar-refractivity contribution in [2.75, 3.05) is 16.8 Å². The number of anilines is 3. The van der Waals surface area contributed by atoms with E-state index in [-0.39, 0.29) is 21.1 Å². The van der Waals surface area contributed by atoms with Crippen LogP contribution < -0.4 is 14.5 Å². The van der Waals surface area contributed by atoms with Crippen LogP contribution in [0, 0.1) is 25.7 Å². The normalized spacial score (nSPS) is 12.6. The fraction of sp³-hybridized carbons (Fsp3) is 0.0455. The Morgan fingerprint density at radius 1 is 0.667 bits per heavy atom. The van der Waals surface area contributed by atoms with E-state index in [9.17, 15) is 0 Å². The van der Waals surface area contributed by atoms with Crippen LogP contribution in [0.3, 0.4) is 0 Å². The van der Waals surface area contributed by atoms with Gasteiger partial charge in [0.1, 0.15) is 17.0 Å². The Morgan fingerprint density at radius 3 is 2.41 bits per heavy atom. The molecule has 0 saturated carbocycles. The summed E-state index contributed by atoms with van der Waals surface area (Å²) >= 11 is 0. The Morgan fingerprint density at radius 2 is 1.51 bits per heavy atom. The van der Waals surface area contributed by atoms with E-state index >= 15 is 0 Å². The molecule has 4 heterocycles. The van der Waals surface area contributed by atoms with Gasteiger partial charge >= 0.3 is 0 Å². The predicted octanol–water partition coefficient (Wildman–Crippen LogP) is 11.2. The standard InChI is InChI=1S/C44H29N4O2.Pt/c1-28-15-20-42-36(21-28)37-26-45-44(25-43(37)50-42)48-38-14-7-6-13-34(38)35-18-17-33(24-40(35)48)49-32-12-8-11-31(23-32)47-27-46(2)39-19-16-30(22-41(39)47)29-9-4-3-5-10-29;/h3-22,25-27H,1-2H3;/q-3;. The molecule has 51 heavy (non-hydrogen) atoms. The zero-order valence-electron chi connectivity index (χ0n) is 27.7. The van der Waals surface area contributed by atoms with Crippen LogP contribution in [0.4, 0.5) is 17.1 Å². The molecule has 0 amide bonds. The smallest absolute Gasteiger partial charge is 0.140 e. The van der Waals surface area contributed by atoms with Crippen LogP contribution >= 0.6 is 0 Å². The van der Waals surface area contributed by atoms with Crippen molar-refractivity contribution >= 4 is 60.8 Å². The number of pyridine rings is 1. The van der Waals surface area contributed by atoms with Gasteiger partial charge in [0.15, 0.2) is 0 Å². The largest absolute Gasteiger partial charge is 0.509 e. The molecule has 0 bridgehead atoms. The summed E-state index contributed by atoms with van der Waals surface area (Å²) in [5, 5.41) is 4.24. The number of fused-ring (bicyclic) bond motifs is 7. The van der Waals surface area contributed by atoms with Gasteiger partial charge in [0, 0.05) is 72.5 Å². The van der Waals surface area contributed by atoms with E-state index in [1.165, 1.54) is 11.1 Å². The van der Waals surface area contributed by atoms with Crippen molar-refractivity contribution in [1.29, 1.82) is 0 Å². The van der Waals surface area contributed by atoms with E-state index in [2.05, 4.69) is 126 Å². The van der Waals surface area contributed by atoms with Crippen molar-refractivity contribution in [2.24, 2.45) is 0 Å². The van der Waals surface area contributed by atoms with E-state index in [0.717, 1.165) is 72.2 Å². The molecule has 250 valence electrons. The van der Waals surface area contributed by atoms with Gasteiger partial charge in [0.05, 0.1) is 0 Å². The maximum absolute atomic E-state index is 6.49. The Labute approximate surface area is 309 Å². The predicted molar refractivity (Wildman–Crippen MR) is 201 cm³/mol. The molecule has 9 aromatic rings. The van der Waals surface area contributed by atoms with Crippen molar-refractivity contribution in [3.63, 3.8) is 0 Å². The van der Waals surface area contributed by atoms with Crippen molar-refractivity contribution in [3.8, 4) is 28.4 Å². The van der Waals surface area contributed by atoms with Gasteiger partial charge in [-0.15, -0.1) is 41.4 Å². The summed E-state index contributed by atoms with van der Waals surface area (Å²) < 4.78 is 14.9. The molecule has 6 aromatic carbocycles. The molecule has 0 fully saturated rings. The minimum Gasteiger partial charge on any atom is -0.509 e. The van der Waals surface area contributed by atoms with E-state index in [1.54, 1.807) is 0 Å². The topological polar surface area (TPSA) is 46.7 Å². The zero-order valence-corrected chi connectivity index (χ0v) is 30.0. The molecule has 0 N–H and O–H groups in total. The summed E-state index contributed by atoms with van der Waals surface area (Å²) in [4.78, 5) is 9.23. The molecule has 0 aliphatic carbocycles. The number of rotatable bonds is 5. The third-order valence-corrected chi connectivity index (χ3v) is 9.53. The fourth-order valence-corrected chi connectivity index (χ4v) is 7.14. The molecule has 1 aliphatic heterocycles. The maximum atomic E-state index is 6.49. The van der Waals surface area contributed by atoms with Crippen LogP contribution in [-0.4, -0.2) is 16.6 Å². The number of benzene rings is 6. The van der Waals surface area contributed by atoms with Crippen LogP contribution in [0.1, 0.15) is 5.56 Å². The fourth-order valence-electron chi connectivity index (χ4n) is 7.14. The molecule has 0 spiro atoms. The Kier molecular flexibility index (Phi) is 7.45. The summed E-state index contributed by atoms with van der Waals surface area (Å²) in [5.41, 5.74) is 10.2. The van der Waals surface area contributed by atoms with E-state index < -0.39 is 0 Å². The van der Waals surface area contributed by atoms with E-state index in [0.29, 0.717) is 11.5 Å². The molecule has 0 radical (unpaired) electrons. The first-order valence-corrected chi connectivity index (χ1v) is 16.6. The molecule has 1 aliphatic rings. The number of hydrogen-bond donors (Lipinski definition) is 0. The Hall–Kier alpha value is -5.84. The first kappa shape index (κ1) is 31.2. The molecule has 0 saturated heterocycles. The number of hydrogen-bond acceptors (Lipinski definition) is 5. The van der Waals surface area contributed by atoms with Crippen LogP contribution in [0.25, 0.3) is 60.7 Å². The van der Waals surface area contributed by atoms with Gasteiger partial charge in [0.2, 0.25) is 0 Å². The summed E-state index contributed by atoms with van der Waals surface area (Å²) in [5.74, 6) is 1.94. The van der Waals surface area contributed by atoms with Gasteiger partial charge in [-0.1, -0.05) is 71.7 Å². The number of aromatic nitrogens is 2. The Bertz CT molecular complexity index is 2770. The third kappa shape index (κ3) is 5.17. The van der Waals surface area contributed by atoms with Gasteiger partial charge < -0.3 is 23.5 Å². The van der Waals surface area contributed by atoms with Gasteiger partial charge in [-0.2, -0.15) is 18.8 Å². The van der Waals surface area contributed by atoms with E-state index in [1.807, 2.05) is 54.7 Å². The maximum Gasteiger partial charge on any atom is 0.140 e. The first-order chi connectivity index (χ1) is 24.6. The van der Waals surface area contributed by atoms with Crippen LogP contribution in [0.5, 0.6) is 11.5 Å². The summed E-state index contributed by atoms with van der Waals surface area (Å²) in [6.07, 6.45) is 1.91. The summed E-state index contributed by atoms with van der Waals surface area (Å²) in [7, 11) is 2.06. The van der Waals surface area contributed by atoms with Crippen molar-refractivity contribution < 1.29 is 30.2 Å². The molecule has 0 unspecified atom stereocenters. The summed E-state index contributed by atoms with van der Waals surface area (Å²) in [6, 6.07) is 50.7. The molecule has 7 heteroatoms. The number of aryl methyl sites for hydroxylation is 1. The second-order valence-electron chi connectivity index (χ2n) is 12.7. The molecule has 3 aromatic heterocycles. The third-order valence-electron chi connectivity index (χ3n) is 9.53. The van der Waals surface area contributed by atoms with Gasteiger partial charge in [-0.3, -0.25) is 0 Å². The number of furan rings is 1. The van der Waals surface area contributed by atoms with Crippen LogP contribution in [0.15, 0.2) is 138 Å². The second-order valence-corrected chi connectivity index (χ2v) is 12.7. The SMILES string of the molecule is Cc1ccc2oc3cc(-n4c5[c-]c(Oc6[c-]c(N7[CH-]N(C)c8ccc(-c9ccccc9)cc87)ccc6)ccc5c5ccccc54)ncc3c2c1.[Pt]. The zero-order chi connectivity index (χ0) is 33.3. The van der Waals surface area contributed by atoms with Crippen LogP contribution in [0.2, 0.25) is 0 Å². The number of nitrogens with zero attached hydrogens (tertiary/aromatic N) is 4. The van der Waals surface area contributed by atoms with Crippen LogP contribution in [-0.2, 0) is 21.1 Å². The Balaban J connectivity index is 0.00000348. The molecular weight excluding hydrogens is 812 g/mol. The second kappa shape index (κ2) is 12.2. The van der Waals surface area contributed by atoms with Crippen molar-refractivity contribution in [2.45, 2.75) is 6.92 Å². The average Bonchev–Trinajstić information content (AvgIpc) is 3.80. The van der Waals surface area contributed by atoms with Crippen molar-refractivity contribution in [1.82, 2.24) is 9.55 Å². The molecule has 10 rings (SSSR count). The molecule has 6 nitrogen and oxygen atoms in total. The van der Waals surface area contributed by atoms with Gasteiger partial charge in [-0.05, 0) is 60.8 Å². The average molecular weight is 841 g/mol. The first-order valence-electron chi connectivity index (χ1n) is 16.6. The van der Waals surface area contributed by atoms with Gasteiger partial charge in [0.25, 0.3) is 0 Å². The minimum atomic E-state index is 0. The number of para-hydroxylation sites is 1. The summed E-state index contributed by atoms with van der Waals surface area (Å²) in [6.45, 7) is 4.17. The monoisotopic (exact) mass is 840 g/mol. The molecular formula is C44H29N4O2Pt-3. The van der Waals surface area contributed by atoms with Gasteiger partial charge in [-0.25, -0.2) is 4.98 Å². The molecule has 0 atom stereocenters. The quantitative estimate of drug-likeness (QED) is 0.162. The number of ether oxygens (including phenoxy) is 1.